The van der Waals surface area contributed by atoms with E-state index in [0.717, 1.165) is 11.1 Å². The van der Waals surface area contributed by atoms with Crippen molar-refractivity contribution in [3.05, 3.63) is 53.6 Å². The van der Waals surface area contributed by atoms with Crippen molar-refractivity contribution >= 4 is 17.6 Å². The molecule has 1 saturated heterocycles. The van der Waals surface area contributed by atoms with Gasteiger partial charge in [0.05, 0.1) is 6.61 Å². The van der Waals surface area contributed by atoms with E-state index in [1.807, 2.05) is 50.2 Å². The minimum atomic E-state index is -0.186. The molecular formula is C21H25N3O3. The zero-order valence-electron chi connectivity index (χ0n) is 15.9. The van der Waals surface area contributed by atoms with Gasteiger partial charge in [-0.05, 0) is 43.2 Å². The predicted molar refractivity (Wildman–Crippen MR) is 106 cm³/mol. The topological polar surface area (TPSA) is 70.7 Å². The molecule has 27 heavy (non-hydrogen) atoms. The Hall–Kier alpha value is -2.86. The highest BCUT2D eigenvalue weighted by Gasteiger charge is 2.23. The van der Waals surface area contributed by atoms with Crippen LogP contribution in [0.25, 0.3) is 11.1 Å². The molecule has 3 amide bonds. The van der Waals surface area contributed by atoms with Crippen molar-refractivity contribution in [3.63, 3.8) is 0 Å². The number of carbonyl (C=O) groups excluding carboxylic acids is 2. The molecule has 1 aliphatic rings. The number of methoxy groups -OCH3 is 1. The highest BCUT2D eigenvalue weighted by molar-refractivity contribution is 6.00. The Kier molecular flexibility index (Phi) is 5.76. The van der Waals surface area contributed by atoms with Crippen LogP contribution in [0.2, 0.25) is 0 Å². The molecule has 2 aromatic rings. The van der Waals surface area contributed by atoms with E-state index >= 15 is 0 Å². The second kappa shape index (κ2) is 8.22. The molecule has 1 atom stereocenters. The molecule has 1 heterocycles. The smallest absolute Gasteiger partial charge is 0.321 e. The van der Waals surface area contributed by atoms with Crippen molar-refractivity contribution < 1.29 is 14.3 Å². The summed E-state index contributed by atoms with van der Waals surface area (Å²) in [7, 11) is 1.60. The van der Waals surface area contributed by atoms with Crippen LogP contribution in [0.1, 0.15) is 22.8 Å². The molecule has 6 heteroatoms. The second-order valence-electron chi connectivity index (χ2n) is 6.85. The maximum Gasteiger partial charge on any atom is 0.321 e. The third kappa shape index (κ3) is 4.46. The van der Waals surface area contributed by atoms with Crippen LogP contribution < -0.4 is 15.5 Å². The summed E-state index contributed by atoms with van der Waals surface area (Å²) in [5.74, 6) is -0.186. The lowest BCUT2D eigenvalue weighted by Crippen LogP contribution is -2.35. The number of nitrogens with zero attached hydrogens (tertiary/aromatic N) is 1. The van der Waals surface area contributed by atoms with E-state index < -0.39 is 0 Å². The molecule has 2 aromatic carbocycles. The van der Waals surface area contributed by atoms with Gasteiger partial charge in [0.25, 0.3) is 5.91 Å². The summed E-state index contributed by atoms with van der Waals surface area (Å²) in [4.78, 5) is 26.5. The number of urea groups is 1. The molecule has 1 unspecified atom stereocenters. The standard InChI is InChI=1S/C21H25N3O3/c1-14-4-6-16(7-5-14)17-10-18(20(25)23-15(2)13-27-3)12-19(11-17)24-9-8-22-21(24)26/h4-7,10-12,15H,8-9,13H2,1-3H3,(H,22,26)(H,23,25). The average Bonchev–Trinajstić information content (AvgIpc) is 3.08. The van der Waals surface area contributed by atoms with Gasteiger partial charge in [-0.15, -0.1) is 0 Å². The van der Waals surface area contributed by atoms with E-state index in [4.69, 9.17) is 4.74 Å². The Morgan fingerprint density at radius 1 is 1.22 bits per heavy atom. The van der Waals surface area contributed by atoms with Crippen LogP contribution in [0.4, 0.5) is 10.5 Å². The Labute approximate surface area is 159 Å². The van der Waals surface area contributed by atoms with Crippen molar-refractivity contribution in [1.29, 1.82) is 0 Å². The third-order valence-electron chi connectivity index (χ3n) is 4.53. The van der Waals surface area contributed by atoms with Gasteiger partial charge in [-0.25, -0.2) is 4.79 Å². The zero-order valence-corrected chi connectivity index (χ0v) is 15.9. The fourth-order valence-corrected chi connectivity index (χ4v) is 3.13. The molecule has 1 fully saturated rings. The summed E-state index contributed by atoms with van der Waals surface area (Å²) >= 11 is 0. The molecule has 3 rings (SSSR count). The fourth-order valence-electron chi connectivity index (χ4n) is 3.13. The van der Waals surface area contributed by atoms with Gasteiger partial charge in [-0.2, -0.15) is 0 Å². The van der Waals surface area contributed by atoms with E-state index in [0.29, 0.717) is 30.9 Å². The number of carbonyl (C=O) groups is 2. The maximum atomic E-state index is 12.7. The number of hydrogen-bond donors (Lipinski definition) is 2. The number of ether oxygens (including phenoxy) is 1. The van der Waals surface area contributed by atoms with Crippen LogP contribution in [-0.4, -0.2) is 44.8 Å². The minimum Gasteiger partial charge on any atom is -0.383 e. The van der Waals surface area contributed by atoms with Gasteiger partial charge in [0.15, 0.2) is 0 Å². The Bertz CT molecular complexity index is 833. The van der Waals surface area contributed by atoms with E-state index in [1.165, 1.54) is 5.56 Å². The molecular weight excluding hydrogens is 342 g/mol. The highest BCUT2D eigenvalue weighted by atomic mass is 16.5. The summed E-state index contributed by atoms with van der Waals surface area (Å²) in [5.41, 5.74) is 4.30. The van der Waals surface area contributed by atoms with E-state index in [2.05, 4.69) is 10.6 Å². The lowest BCUT2D eigenvalue weighted by Gasteiger charge is -2.18. The second-order valence-corrected chi connectivity index (χ2v) is 6.85. The first kappa shape index (κ1) is 18.9. The van der Waals surface area contributed by atoms with Crippen LogP contribution in [0, 0.1) is 6.92 Å². The number of benzene rings is 2. The van der Waals surface area contributed by atoms with Gasteiger partial charge in [0.1, 0.15) is 0 Å². The first-order valence-corrected chi connectivity index (χ1v) is 9.05. The summed E-state index contributed by atoms with van der Waals surface area (Å²) in [6.07, 6.45) is 0. The Morgan fingerprint density at radius 3 is 2.59 bits per heavy atom. The lowest BCUT2D eigenvalue weighted by molar-refractivity contribution is 0.0905. The molecule has 6 nitrogen and oxygen atoms in total. The van der Waals surface area contributed by atoms with Crippen molar-refractivity contribution in [1.82, 2.24) is 10.6 Å². The van der Waals surface area contributed by atoms with Crippen LogP contribution in [0.5, 0.6) is 0 Å². The molecule has 142 valence electrons. The zero-order chi connectivity index (χ0) is 19.4. The summed E-state index contributed by atoms with van der Waals surface area (Å²) in [6, 6.07) is 13.4. The first-order chi connectivity index (χ1) is 13.0. The number of hydrogen-bond acceptors (Lipinski definition) is 3. The van der Waals surface area contributed by atoms with Gasteiger partial charge in [0.2, 0.25) is 0 Å². The van der Waals surface area contributed by atoms with Crippen molar-refractivity contribution in [2.24, 2.45) is 0 Å². The van der Waals surface area contributed by atoms with Crippen LogP contribution in [-0.2, 0) is 4.74 Å². The van der Waals surface area contributed by atoms with Crippen LogP contribution >= 0.6 is 0 Å². The van der Waals surface area contributed by atoms with E-state index in [9.17, 15) is 9.59 Å². The number of anilines is 1. The largest absolute Gasteiger partial charge is 0.383 e. The normalized spacial score (nSPS) is 14.8. The average molecular weight is 367 g/mol. The monoisotopic (exact) mass is 367 g/mol. The quantitative estimate of drug-likeness (QED) is 0.825. The molecule has 1 aliphatic heterocycles. The van der Waals surface area contributed by atoms with E-state index in [-0.39, 0.29) is 18.0 Å². The molecule has 2 N–H and O–H groups in total. The molecule has 0 saturated carbocycles. The summed E-state index contributed by atoms with van der Waals surface area (Å²) in [5, 5.41) is 5.73. The number of rotatable bonds is 6. The van der Waals surface area contributed by atoms with Gasteiger partial charge >= 0.3 is 6.03 Å². The predicted octanol–water partition coefficient (Wildman–Crippen LogP) is 2.96. The minimum absolute atomic E-state index is 0.107. The number of nitrogens with one attached hydrogen (secondary N) is 2. The molecule has 0 aliphatic carbocycles. The number of aryl methyl sites for hydroxylation is 1. The van der Waals surface area contributed by atoms with Crippen LogP contribution in [0.15, 0.2) is 42.5 Å². The van der Waals surface area contributed by atoms with Gasteiger partial charge in [-0.3, -0.25) is 9.69 Å². The van der Waals surface area contributed by atoms with Crippen molar-refractivity contribution in [2.75, 3.05) is 31.7 Å². The molecule has 0 aromatic heterocycles. The summed E-state index contributed by atoms with van der Waals surface area (Å²) in [6.45, 7) is 5.53. The lowest BCUT2D eigenvalue weighted by atomic mass is 10.00. The first-order valence-electron chi connectivity index (χ1n) is 9.05. The van der Waals surface area contributed by atoms with Gasteiger partial charge in [0, 0.05) is 37.5 Å². The third-order valence-corrected chi connectivity index (χ3v) is 4.53. The van der Waals surface area contributed by atoms with Gasteiger partial charge < -0.3 is 15.4 Å². The van der Waals surface area contributed by atoms with Gasteiger partial charge in [-0.1, -0.05) is 29.8 Å². The molecule has 0 bridgehead atoms. The van der Waals surface area contributed by atoms with E-state index in [1.54, 1.807) is 18.1 Å². The molecule has 0 radical (unpaired) electrons. The maximum absolute atomic E-state index is 12.7. The van der Waals surface area contributed by atoms with Crippen LogP contribution in [0.3, 0.4) is 0 Å². The SMILES string of the molecule is COCC(C)NC(=O)c1cc(-c2ccc(C)cc2)cc(N2CCNC2=O)c1. The highest BCUT2D eigenvalue weighted by Crippen LogP contribution is 2.28. The fraction of sp³-hybridized carbons (Fsp3) is 0.333. The number of amides is 3. The summed E-state index contributed by atoms with van der Waals surface area (Å²) < 4.78 is 5.09. The Balaban J connectivity index is 1.98. The van der Waals surface area contributed by atoms with Crippen molar-refractivity contribution in [2.45, 2.75) is 19.9 Å². The van der Waals surface area contributed by atoms with Crippen molar-refractivity contribution in [3.8, 4) is 11.1 Å². The Morgan fingerprint density at radius 2 is 1.96 bits per heavy atom. The molecule has 0 spiro atoms.